The van der Waals surface area contributed by atoms with Gasteiger partial charge in [0.25, 0.3) is 0 Å². The van der Waals surface area contributed by atoms with Crippen molar-refractivity contribution in [2.75, 3.05) is 13.1 Å². The second-order valence-corrected chi connectivity index (χ2v) is 4.29. The number of aromatic nitrogens is 1. The van der Waals surface area contributed by atoms with E-state index in [1.165, 1.54) is 0 Å². The van der Waals surface area contributed by atoms with Crippen LogP contribution in [0.25, 0.3) is 0 Å². The van der Waals surface area contributed by atoms with Crippen LogP contribution in [0.2, 0.25) is 0 Å². The van der Waals surface area contributed by atoms with E-state index in [-0.39, 0.29) is 11.8 Å². The zero-order chi connectivity index (χ0) is 11.1. The number of carbonyl (C=O) groups is 1. The molecule has 84 valence electrons. The Bertz CT molecular complexity index is 283. The zero-order valence-electron chi connectivity index (χ0n) is 8.90. The number of hydrogen-bond donors (Lipinski definition) is 2. The van der Waals surface area contributed by atoms with E-state index in [0.29, 0.717) is 13.1 Å². The third-order valence-corrected chi connectivity index (χ3v) is 3.11. The summed E-state index contributed by atoms with van der Waals surface area (Å²) < 4.78 is 0. The minimum Gasteiger partial charge on any atom is -0.355 e. The molecule has 1 atom stereocenters. The third-order valence-electron chi connectivity index (χ3n) is 2.27. The third kappa shape index (κ3) is 3.97. The molecule has 0 bridgehead atoms. The minimum atomic E-state index is -0.0544. The summed E-state index contributed by atoms with van der Waals surface area (Å²) in [6.45, 7) is 3.03. The van der Waals surface area contributed by atoms with Crippen molar-refractivity contribution >= 4 is 17.2 Å². The average Bonchev–Trinajstić information content (AvgIpc) is 2.72. The lowest BCUT2D eigenvalue weighted by Gasteiger charge is -2.11. The molecule has 0 radical (unpaired) electrons. The smallest absolute Gasteiger partial charge is 0.224 e. The van der Waals surface area contributed by atoms with Crippen LogP contribution in [0.15, 0.2) is 11.6 Å². The molecule has 0 saturated heterocycles. The Balaban J connectivity index is 2.22. The lowest BCUT2D eigenvalue weighted by Crippen LogP contribution is -2.35. The average molecular weight is 227 g/mol. The first-order valence-corrected chi connectivity index (χ1v) is 6.02. The fraction of sp³-hybridized carbons (Fsp3) is 0.600. The van der Waals surface area contributed by atoms with Crippen LogP contribution in [0.1, 0.15) is 18.4 Å². The summed E-state index contributed by atoms with van der Waals surface area (Å²) in [5, 5.41) is 5.86. The van der Waals surface area contributed by atoms with Gasteiger partial charge in [-0.1, -0.05) is 6.92 Å². The van der Waals surface area contributed by atoms with Crippen molar-refractivity contribution in [3.05, 3.63) is 16.6 Å². The molecule has 0 aromatic carbocycles. The number of rotatable bonds is 6. The Labute approximate surface area is 93.9 Å². The van der Waals surface area contributed by atoms with Crippen molar-refractivity contribution in [1.29, 1.82) is 0 Å². The van der Waals surface area contributed by atoms with Crippen molar-refractivity contribution in [2.24, 2.45) is 11.7 Å². The molecule has 1 aromatic heterocycles. The van der Waals surface area contributed by atoms with Crippen molar-refractivity contribution < 1.29 is 4.79 Å². The molecule has 0 saturated carbocycles. The summed E-state index contributed by atoms with van der Waals surface area (Å²) >= 11 is 1.61. The van der Waals surface area contributed by atoms with E-state index >= 15 is 0 Å². The second kappa shape index (κ2) is 6.53. The first kappa shape index (κ1) is 12.1. The molecule has 1 heterocycles. The van der Waals surface area contributed by atoms with Gasteiger partial charge in [-0.3, -0.25) is 4.79 Å². The highest BCUT2D eigenvalue weighted by Gasteiger charge is 2.13. The Morgan fingerprint density at radius 1 is 1.73 bits per heavy atom. The molecule has 3 N–H and O–H groups in total. The molecule has 0 aliphatic carbocycles. The van der Waals surface area contributed by atoms with E-state index in [1.807, 2.05) is 12.3 Å². The number of thiazole rings is 1. The van der Waals surface area contributed by atoms with Crippen LogP contribution in [0, 0.1) is 5.92 Å². The van der Waals surface area contributed by atoms with Crippen LogP contribution in [0.4, 0.5) is 0 Å². The fourth-order valence-electron chi connectivity index (χ4n) is 1.27. The summed E-state index contributed by atoms with van der Waals surface area (Å²) in [7, 11) is 0. The molecule has 0 aliphatic heterocycles. The topological polar surface area (TPSA) is 68.0 Å². The summed E-state index contributed by atoms with van der Waals surface area (Å²) in [6.07, 6.45) is 3.36. The highest BCUT2D eigenvalue weighted by molar-refractivity contribution is 7.09. The largest absolute Gasteiger partial charge is 0.355 e. The first-order chi connectivity index (χ1) is 7.27. The molecule has 0 aliphatic rings. The van der Waals surface area contributed by atoms with Gasteiger partial charge in [0, 0.05) is 37.0 Å². The van der Waals surface area contributed by atoms with Crippen molar-refractivity contribution in [3.63, 3.8) is 0 Å². The Kier molecular flexibility index (Phi) is 5.28. The number of carbonyl (C=O) groups excluding carboxylic acids is 1. The van der Waals surface area contributed by atoms with Gasteiger partial charge in [0.15, 0.2) is 0 Å². The van der Waals surface area contributed by atoms with Crippen LogP contribution < -0.4 is 11.1 Å². The summed E-state index contributed by atoms with van der Waals surface area (Å²) in [5.74, 6) is -0.00199. The zero-order valence-corrected chi connectivity index (χ0v) is 9.72. The minimum absolute atomic E-state index is 0.0524. The summed E-state index contributed by atoms with van der Waals surface area (Å²) in [4.78, 5) is 15.7. The van der Waals surface area contributed by atoms with E-state index in [9.17, 15) is 4.79 Å². The predicted molar refractivity (Wildman–Crippen MR) is 61.7 cm³/mol. The van der Waals surface area contributed by atoms with E-state index in [0.717, 1.165) is 17.8 Å². The highest BCUT2D eigenvalue weighted by atomic mass is 32.1. The lowest BCUT2D eigenvalue weighted by molar-refractivity contribution is -0.124. The maximum Gasteiger partial charge on any atom is 0.224 e. The van der Waals surface area contributed by atoms with Gasteiger partial charge in [0.05, 0.1) is 5.01 Å². The number of amides is 1. The number of nitrogens with two attached hydrogens (primary N) is 1. The van der Waals surface area contributed by atoms with E-state index in [2.05, 4.69) is 10.3 Å². The van der Waals surface area contributed by atoms with Crippen molar-refractivity contribution in [1.82, 2.24) is 10.3 Å². The molecule has 0 spiro atoms. The predicted octanol–water partition coefficient (Wildman–Crippen LogP) is 0.787. The molecule has 1 aromatic rings. The molecule has 0 fully saturated rings. The molecule has 15 heavy (non-hydrogen) atoms. The molecular formula is C10H17N3OS. The SMILES string of the molecule is CCC(CN)C(=O)NCCc1nccs1. The van der Waals surface area contributed by atoms with Crippen LogP contribution in [0.3, 0.4) is 0 Å². The van der Waals surface area contributed by atoms with Gasteiger partial charge >= 0.3 is 0 Å². The maximum absolute atomic E-state index is 11.5. The van der Waals surface area contributed by atoms with Crippen LogP contribution in [-0.2, 0) is 11.2 Å². The van der Waals surface area contributed by atoms with E-state index < -0.39 is 0 Å². The lowest BCUT2D eigenvalue weighted by atomic mass is 10.1. The Morgan fingerprint density at radius 3 is 3.07 bits per heavy atom. The Morgan fingerprint density at radius 2 is 2.53 bits per heavy atom. The maximum atomic E-state index is 11.5. The Hall–Kier alpha value is -0.940. The monoisotopic (exact) mass is 227 g/mol. The van der Waals surface area contributed by atoms with Gasteiger partial charge in [-0.05, 0) is 6.42 Å². The number of nitrogens with one attached hydrogen (secondary N) is 1. The fourth-order valence-corrected chi connectivity index (χ4v) is 1.89. The van der Waals surface area contributed by atoms with Crippen LogP contribution in [-0.4, -0.2) is 24.0 Å². The summed E-state index contributed by atoms with van der Waals surface area (Å²) in [6, 6.07) is 0. The van der Waals surface area contributed by atoms with Crippen molar-refractivity contribution in [2.45, 2.75) is 19.8 Å². The molecule has 1 amide bonds. The molecule has 1 unspecified atom stereocenters. The summed E-state index contributed by atoms with van der Waals surface area (Å²) in [5.41, 5.74) is 5.48. The number of nitrogens with zero attached hydrogens (tertiary/aromatic N) is 1. The van der Waals surface area contributed by atoms with Crippen LogP contribution >= 0.6 is 11.3 Å². The van der Waals surface area contributed by atoms with E-state index in [4.69, 9.17) is 5.73 Å². The molecule has 1 rings (SSSR count). The van der Waals surface area contributed by atoms with Gasteiger partial charge in [0.1, 0.15) is 0 Å². The van der Waals surface area contributed by atoms with Gasteiger partial charge < -0.3 is 11.1 Å². The van der Waals surface area contributed by atoms with Gasteiger partial charge in [0.2, 0.25) is 5.91 Å². The first-order valence-electron chi connectivity index (χ1n) is 5.14. The van der Waals surface area contributed by atoms with Gasteiger partial charge in [-0.15, -0.1) is 11.3 Å². The molecule has 4 nitrogen and oxygen atoms in total. The van der Waals surface area contributed by atoms with Gasteiger partial charge in [-0.25, -0.2) is 4.98 Å². The van der Waals surface area contributed by atoms with E-state index in [1.54, 1.807) is 17.5 Å². The standard InChI is InChI=1S/C10H17N3OS/c1-2-8(7-11)10(14)13-4-3-9-12-5-6-15-9/h5-6,8H,2-4,7,11H2,1H3,(H,13,14). The highest BCUT2D eigenvalue weighted by Crippen LogP contribution is 2.04. The van der Waals surface area contributed by atoms with Gasteiger partial charge in [-0.2, -0.15) is 0 Å². The quantitative estimate of drug-likeness (QED) is 0.755. The normalized spacial score (nSPS) is 12.4. The van der Waals surface area contributed by atoms with Crippen molar-refractivity contribution in [3.8, 4) is 0 Å². The molecular weight excluding hydrogens is 210 g/mol. The van der Waals surface area contributed by atoms with Crippen LogP contribution in [0.5, 0.6) is 0 Å². The molecule has 5 heteroatoms. The second-order valence-electron chi connectivity index (χ2n) is 3.31. The number of hydrogen-bond acceptors (Lipinski definition) is 4.